The topological polar surface area (TPSA) is 80.7 Å². The highest BCUT2D eigenvalue weighted by Gasteiger charge is 2.29. The van der Waals surface area contributed by atoms with Crippen LogP contribution in [-0.2, 0) is 16.6 Å². The lowest BCUT2D eigenvalue weighted by atomic mass is 10.2. The quantitative estimate of drug-likeness (QED) is 0.927. The van der Waals surface area contributed by atoms with Crippen molar-refractivity contribution in [3.63, 3.8) is 0 Å². The maximum Gasteiger partial charge on any atom is 0.263 e. The number of amidine groups is 1. The minimum atomic E-state index is -3.50. The third-order valence-corrected chi connectivity index (χ3v) is 4.51. The van der Waals surface area contributed by atoms with Crippen LogP contribution >= 0.6 is 0 Å². The SMILES string of the molecule is COc1ncccc1CN=C1NS(=O)(=O)c2ccccc21. The number of sulfonamides is 1. The average Bonchev–Trinajstić information content (AvgIpc) is 2.77. The molecule has 1 aromatic carbocycles. The van der Waals surface area contributed by atoms with Crippen LogP contribution < -0.4 is 9.46 Å². The highest BCUT2D eigenvalue weighted by atomic mass is 32.2. The first kappa shape index (κ1) is 13.6. The lowest BCUT2D eigenvalue weighted by molar-refractivity contribution is 0.392. The molecular weight excluding hydrogens is 290 g/mol. The number of hydrogen-bond donors (Lipinski definition) is 1. The number of pyridine rings is 1. The van der Waals surface area contributed by atoms with Crippen LogP contribution in [0.3, 0.4) is 0 Å². The maximum absolute atomic E-state index is 12.0. The van der Waals surface area contributed by atoms with Gasteiger partial charge in [-0.25, -0.2) is 13.4 Å². The van der Waals surface area contributed by atoms with Gasteiger partial charge >= 0.3 is 0 Å². The Hall–Kier alpha value is -2.41. The van der Waals surface area contributed by atoms with Crippen LogP contribution in [0.5, 0.6) is 5.88 Å². The fourth-order valence-corrected chi connectivity index (χ4v) is 3.39. The monoisotopic (exact) mass is 303 g/mol. The van der Waals surface area contributed by atoms with E-state index in [1.807, 2.05) is 6.07 Å². The number of aromatic nitrogens is 1. The van der Waals surface area contributed by atoms with E-state index >= 15 is 0 Å². The Morgan fingerprint density at radius 2 is 2.05 bits per heavy atom. The molecule has 1 N–H and O–H groups in total. The second kappa shape index (κ2) is 5.17. The van der Waals surface area contributed by atoms with Gasteiger partial charge in [0.2, 0.25) is 5.88 Å². The van der Waals surface area contributed by atoms with Gasteiger partial charge in [-0.3, -0.25) is 9.71 Å². The summed E-state index contributed by atoms with van der Waals surface area (Å²) in [6, 6.07) is 10.4. The number of fused-ring (bicyclic) bond motifs is 1. The van der Waals surface area contributed by atoms with Crippen molar-refractivity contribution < 1.29 is 13.2 Å². The normalized spacial score (nSPS) is 17.3. The minimum Gasteiger partial charge on any atom is -0.481 e. The highest BCUT2D eigenvalue weighted by Crippen LogP contribution is 2.23. The molecule has 2 aromatic rings. The van der Waals surface area contributed by atoms with Gasteiger partial charge in [-0.1, -0.05) is 18.2 Å². The van der Waals surface area contributed by atoms with Crippen LogP contribution in [-0.4, -0.2) is 26.3 Å². The number of hydrogen-bond acceptors (Lipinski definition) is 5. The molecule has 1 aliphatic rings. The standard InChI is InChI=1S/C14H13N3O3S/c1-20-14-10(5-4-8-15-14)9-16-13-11-6-2-3-7-12(11)21(18,19)17-13/h2-8H,9H2,1H3,(H,16,17). The number of nitrogens with zero attached hydrogens (tertiary/aromatic N) is 2. The molecule has 0 saturated heterocycles. The first-order valence-corrected chi connectivity index (χ1v) is 7.75. The molecule has 0 unspecified atom stereocenters. The van der Waals surface area contributed by atoms with Crippen molar-refractivity contribution >= 4 is 15.9 Å². The summed E-state index contributed by atoms with van der Waals surface area (Å²) in [6.45, 7) is 0.281. The third-order valence-electron chi connectivity index (χ3n) is 3.11. The van der Waals surface area contributed by atoms with Gasteiger partial charge in [-0.15, -0.1) is 0 Å². The molecule has 0 radical (unpaired) electrons. The van der Waals surface area contributed by atoms with E-state index in [0.29, 0.717) is 17.3 Å². The van der Waals surface area contributed by atoms with E-state index in [1.54, 1.807) is 36.5 Å². The van der Waals surface area contributed by atoms with E-state index in [2.05, 4.69) is 14.7 Å². The van der Waals surface area contributed by atoms with E-state index in [-0.39, 0.29) is 11.4 Å². The smallest absolute Gasteiger partial charge is 0.263 e. The molecule has 0 amide bonds. The summed E-state index contributed by atoms with van der Waals surface area (Å²) < 4.78 is 31.6. The van der Waals surface area contributed by atoms with Gasteiger partial charge < -0.3 is 4.74 Å². The molecule has 0 atom stereocenters. The molecule has 0 saturated carbocycles. The second-order valence-corrected chi connectivity index (χ2v) is 6.09. The first-order chi connectivity index (χ1) is 10.1. The Bertz CT molecular complexity index is 816. The summed E-state index contributed by atoms with van der Waals surface area (Å²) in [4.78, 5) is 8.68. The second-order valence-electron chi connectivity index (χ2n) is 4.44. The molecule has 108 valence electrons. The summed E-state index contributed by atoms with van der Waals surface area (Å²) in [5, 5.41) is 0. The molecule has 1 aromatic heterocycles. The summed E-state index contributed by atoms with van der Waals surface area (Å²) in [5.41, 5.74) is 1.37. The van der Waals surface area contributed by atoms with Gasteiger partial charge in [0.15, 0.2) is 0 Å². The van der Waals surface area contributed by atoms with Gasteiger partial charge in [-0.2, -0.15) is 0 Å². The molecule has 7 heteroatoms. The van der Waals surface area contributed by atoms with Crippen LogP contribution in [0.15, 0.2) is 52.5 Å². The molecule has 0 aliphatic carbocycles. The Kier molecular flexibility index (Phi) is 3.34. The van der Waals surface area contributed by atoms with Crippen molar-refractivity contribution in [1.29, 1.82) is 0 Å². The van der Waals surface area contributed by atoms with Crippen LogP contribution in [0, 0.1) is 0 Å². The third kappa shape index (κ3) is 2.47. The molecule has 6 nitrogen and oxygen atoms in total. The molecule has 0 bridgehead atoms. The van der Waals surface area contributed by atoms with Crippen LogP contribution in [0.4, 0.5) is 0 Å². The van der Waals surface area contributed by atoms with Crippen molar-refractivity contribution in [1.82, 2.24) is 9.71 Å². The number of benzene rings is 1. The Morgan fingerprint density at radius 3 is 2.86 bits per heavy atom. The maximum atomic E-state index is 12.0. The zero-order valence-electron chi connectivity index (χ0n) is 11.3. The molecular formula is C14H13N3O3S. The molecule has 2 heterocycles. The molecule has 0 fully saturated rings. The number of rotatable bonds is 3. The van der Waals surface area contributed by atoms with E-state index in [9.17, 15) is 8.42 Å². The van der Waals surface area contributed by atoms with Crippen LogP contribution in [0.2, 0.25) is 0 Å². The van der Waals surface area contributed by atoms with Crippen LogP contribution in [0.25, 0.3) is 0 Å². The van der Waals surface area contributed by atoms with Crippen molar-refractivity contribution in [2.75, 3.05) is 7.11 Å². The van der Waals surface area contributed by atoms with Gasteiger partial charge in [0, 0.05) is 17.3 Å². The Balaban J connectivity index is 1.96. The van der Waals surface area contributed by atoms with Crippen LogP contribution in [0.1, 0.15) is 11.1 Å². The summed E-state index contributed by atoms with van der Waals surface area (Å²) in [6.07, 6.45) is 1.63. The van der Waals surface area contributed by atoms with Crippen molar-refractivity contribution in [2.24, 2.45) is 4.99 Å². The number of ether oxygens (including phenoxy) is 1. The highest BCUT2D eigenvalue weighted by molar-refractivity contribution is 7.90. The molecule has 21 heavy (non-hydrogen) atoms. The zero-order valence-corrected chi connectivity index (χ0v) is 12.1. The minimum absolute atomic E-state index is 0.252. The summed E-state index contributed by atoms with van der Waals surface area (Å²) in [5.74, 6) is 0.826. The number of aliphatic imine (C=N–C) groups is 1. The van der Waals surface area contributed by atoms with Crippen molar-refractivity contribution in [2.45, 2.75) is 11.4 Å². The van der Waals surface area contributed by atoms with Gasteiger partial charge in [0.05, 0.1) is 18.6 Å². The molecule has 1 aliphatic heterocycles. The zero-order chi connectivity index (χ0) is 14.9. The largest absolute Gasteiger partial charge is 0.481 e. The van der Waals surface area contributed by atoms with E-state index < -0.39 is 10.0 Å². The summed E-state index contributed by atoms with van der Waals surface area (Å²) in [7, 11) is -1.97. The van der Waals surface area contributed by atoms with Gasteiger partial charge in [-0.05, 0) is 18.2 Å². The van der Waals surface area contributed by atoms with E-state index in [1.165, 1.54) is 7.11 Å². The summed E-state index contributed by atoms with van der Waals surface area (Å²) >= 11 is 0. The fourth-order valence-electron chi connectivity index (χ4n) is 2.14. The first-order valence-electron chi connectivity index (χ1n) is 6.26. The predicted octanol–water partition coefficient (Wildman–Crippen LogP) is 1.33. The van der Waals surface area contributed by atoms with E-state index in [0.717, 1.165) is 5.56 Å². The Labute approximate surface area is 122 Å². The number of methoxy groups -OCH3 is 1. The molecule has 0 spiro atoms. The lowest BCUT2D eigenvalue weighted by Crippen LogP contribution is -2.22. The van der Waals surface area contributed by atoms with E-state index in [4.69, 9.17) is 4.74 Å². The van der Waals surface area contributed by atoms with Gasteiger partial charge in [0.25, 0.3) is 10.0 Å². The van der Waals surface area contributed by atoms with Crippen molar-refractivity contribution in [3.8, 4) is 5.88 Å². The predicted molar refractivity (Wildman–Crippen MR) is 77.8 cm³/mol. The number of nitrogens with one attached hydrogen (secondary N) is 1. The molecule has 3 rings (SSSR count). The Morgan fingerprint density at radius 1 is 1.24 bits per heavy atom. The lowest BCUT2D eigenvalue weighted by Gasteiger charge is -2.04. The average molecular weight is 303 g/mol. The van der Waals surface area contributed by atoms with Gasteiger partial charge in [0.1, 0.15) is 5.84 Å². The van der Waals surface area contributed by atoms with Crippen molar-refractivity contribution in [3.05, 3.63) is 53.7 Å². The fraction of sp³-hybridized carbons (Fsp3) is 0.143.